The molecule has 0 saturated carbocycles. The molecular formula is C11H8FIN2O. The van der Waals surface area contributed by atoms with E-state index in [9.17, 15) is 9.18 Å². The highest BCUT2D eigenvalue weighted by atomic mass is 127. The van der Waals surface area contributed by atoms with Crippen molar-refractivity contribution in [3.8, 4) is 6.07 Å². The number of hydrogen-bond donors (Lipinski definition) is 0. The standard InChI is InChI=1S/C11H8FIN2O/c12-8-1-2-10(9(13)4-8)15-6-7(5-14)3-11(15)16/h1-2,4,7H,3,6H2. The van der Waals surface area contributed by atoms with Crippen LogP contribution in [0, 0.1) is 26.6 Å². The van der Waals surface area contributed by atoms with Crippen molar-refractivity contribution < 1.29 is 9.18 Å². The molecule has 5 heteroatoms. The first-order valence-corrected chi connectivity index (χ1v) is 5.84. The zero-order valence-electron chi connectivity index (χ0n) is 8.28. The number of carbonyl (C=O) groups excluding carboxylic acids is 1. The van der Waals surface area contributed by atoms with Gasteiger partial charge in [-0.25, -0.2) is 4.39 Å². The number of hydrogen-bond acceptors (Lipinski definition) is 2. The fourth-order valence-corrected chi connectivity index (χ4v) is 2.50. The van der Waals surface area contributed by atoms with Gasteiger partial charge in [0.15, 0.2) is 0 Å². The smallest absolute Gasteiger partial charge is 0.228 e. The summed E-state index contributed by atoms with van der Waals surface area (Å²) in [5.74, 6) is -0.652. The molecule has 0 aliphatic carbocycles. The molecule has 3 nitrogen and oxygen atoms in total. The first-order chi connectivity index (χ1) is 7.61. The normalized spacial score (nSPS) is 19.9. The number of carbonyl (C=O) groups is 1. The maximum Gasteiger partial charge on any atom is 0.228 e. The van der Waals surface area contributed by atoms with Gasteiger partial charge in [-0.15, -0.1) is 0 Å². The summed E-state index contributed by atoms with van der Waals surface area (Å²) in [4.78, 5) is 13.2. The Morgan fingerprint density at radius 2 is 2.31 bits per heavy atom. The number of nitrogens with zero attached hydrogens (tertiary/aromatic N) is 2. The Morgan fingerprint density at radius 3 is 2.88 bits per heavy atom. The summed E-state index contributed by atoms with van der Waals surface area (Å²) in [6, 6.07) is 6.37. The first kappa shape index (κ1) is 11.3. The van der Waals surface area contributed by atoms with Crippen molar-refractivity contribution in [3.05, 3.63) is 27.6 Å². The van der Waals surface area contributed by atoms with E-state index in [2.05, 4.69) is 6.07 Å². The molecule has 0 N–H and O–H groups in total. The van der Waals surface area contributed by atoms with Crippen molar-refractivity contribution in [3.63, 3.8) is 0 Å². The van der Waals surface area contributed by atoms with Crippen LogP contribution in [0.5, 0.6) is 0 Å². The lowest BCUT2D eigenvalue weighted by Crippen LogP contribution is -2.25. The highest BCUT2D eigenvalue weighted by Gasteiger charge is 2.31. The van der Waals surface area contributed by atoms with Gasteiger partial charge in [-0.2, -0.15) is 5.26 Å². The van der Waals surface area contributed by atoms with Gasteiger partial charge in [0, 0.05) is 16.5 Å². The molecule has 1 atom stereocenters. The van der Waals surface area contributed by atoms with Crippen LogP contribution in [0.25, 0.3) is 0 Å². The van der Waals surface area contributed by atoms with Crippen LogP contribution in [0.3, 0.4) is 0 Å². The minimum atomic E-state index is -0.323. The molecule has 16 heavy (non-hydrogen) atoms. The highest BCUT2D eigenvalue weighted by molar-refractivity contribution is 14.1. The average Bonchev–Trinajstić information content (AvgIpc) is 2.60. The molecule has 82 valence electrons. The third kappa shape index (κ3) is 2.02. The Morgan fingerprint density at radius 1 is 1.56 bits per heavy atom. The van der Waals surface area contributed by atoms with Gasteiger partial charge in [-0.3, -0.25) is 4.79 Å². The molecule has 1 heterocycles. The lowest BCUT2D eigenvalue weighted by Gasteiger charge is -2.17. The number of anilines is 1. The molecule has 1 aromatic carbocycles. The van der Waals surface area contributed by atoms with Gasteiger partial charge in [0.25, 0.3) is 0 Å². The number of amides is 1. The van der Waals surface area contributed by atoms with Gasteiger partial charge in [0.05, 0.1) is 17.7 Å². The molecule has 1 fully saturated rings. The van der Waals surface area contributed by atoms with Gasteiger partial charge in [0.1, 0.15) is 5.82 Å². The molecule has 1 unspecified atom stereocenters. The molecule has 1 saturated heterocycles. The zero-order valence-corrected chi connectivity index (χ0v) is 10.4. The summed E-state index contributed by atoms with van der Waals surface area (Å²) < 4.78 is 13.6. The SMILES string of the molecule is N#CC1CC(=O)N(c2ccc(F)cc2I)C1. The predicted molar refractivity (Wildman–Crippen MR) is 65.2 cm³/mol. The van der Waals surface area contributed by atoms with E-state index in [-0.39, 0.29) is 24.1 Å². The Bertz CT molecular complexity index is 483. The van der Waals surface area contributed by atoms with E-state index in [4.69, 9.17) is 5.26 Å². The Hall–Kier alpha value is -1.16. The molecule has 1 aliphatic rings. The molecule has 0 aromatic heterocycles. The third-order valence-electron chi connectivity index (χ3n) is 2.51. The van der Waals surface area contributed by atoms with Gasteiger partial charge in [-0.1, -0.05) is 0 Å². The lowest BCUT2D eigenvalue weighted by atomic mass is 10.1. The van der Waals surface area contributed by atoms with E-state index < -0.39 is 0 Å². The van der Waals surface area contributed by atoms with Crippen LogP contribution in [0.4, 0.5) is 10.1 Å². The molecule has 2 rings (SSSR count). The summed E-state index contributed by atoms with van der Waals surface area (Å²) >= 11 is 1.99. The second-order valence-corrected chi connectivity index (χ2v) is 4.79. The number of nitriles is 1. The van der Waals surface area contributed by atoms with E-state index in [0.717, 1.165) is 0 Å². The van der Waals surface area contributed by atoms with Crippen molar-refractivity contribution in [1.82, 2.24) is 0 Å². The monoisotopic (exact) mass is 330 g/mol. The summed E-state index contributed by atoms with van der Waals surface area (Å²) in [7, 11) is 0. The van der Waals surface area contributed by atoms with Crippen molar-refractivity contribution in [2.45, 2.75) is 6.42 Å². The van der Waals surface area contributed by atoms with Crippen LogP contribution < -0.4 is 4.90 Å². The molecule has 0 radical (unpaired) electrons. The summed E-state index contributed by atoms with van der Waals surface area (Å²) in [5, 5.41) is 8.77. The summed E-state index contributed by atoms with van der Waals surface area (Å²) in [6.45, 7) is 0.400. The topological polar surface area (TPSA) is 44.1 Å². The molecule has 1 amide bonds. The highest BCUT2D eigenvalue weighted by Crippen LogP contribution is 2.29. The van der Waals surface area contributed by atoms with Gasteiger partial charge >= 0.3 is 0 Å². The molecular weight excluding hydrogens is 322 g/mol. The van der Waals surface area contributed by atoms with Crippen LogP contribution in [0.2, 0.25) is 0 Å². The van der Waals surface area contributed by atoms with Gasteiger partial charge < -0.3 is 4.90 Å². The summed E-state index contributed by atoms with van der Waals surface area (Å²) in [6.07, 6.45) is 0.254. The van der Waals surface area contributed by atoms with E-state index >= 15 is 0 Å². The second kappa shape index (κ2) is 4.37. The van der Waals surface area contributed by atoms with Crippen LogP contribution in [0.15, 0.2) is 18.2 Å². The molecule has 0 spiro atoms. The van der Waals surface area contributed by atoms with E-state index in [1.54, 1.807) is 11.0 Å². The molecule has 1 aliphatic heterocycles. The van der Waals surface area contributed by atoms with Crippen LogP contribution in [0.1, 0.15) is 6.42 Å². The lowest BCUT2D eigenvalue weighted by molar-refractivity contribution is -0.117. The first-order valence-electron chi connectivity index (χ1n) is 4.77. The summed E-state index contributed by atoms with van der Waals surface area (Å²) in [5.41, 5.74) is 0.685. The second-order valence-electron chi connectivity index (χ2n) is 3.63. The van der Waals surface area contributed by atoms with Crippen LogP contribution in [-0.4, -0.2) is 12.5 Å². The number of benzene rings is 1. The van der Waals surface area contributed by atoms with Crippen molar-refractivity contribution >= 4 is 34.2 Å². The molecule has 0 bridgehead atoms. The van der Waals surface area contributed by atoms with Crippen LogP contribution in [-0.2, 0) is 4.79 Å². The predicted octanol–water partition coefficient (Wildman–Crippen LogP) is 2.31. The zero-order chi connectivity index (χ0) is 11.7. The van der Waals surface area contributed by atoms with E-state index in [1.165, 1.54) is 12.1 Å². The average molecular weight is 330 g/mol. The fourth-order valence-electron chi connectivity index (χ4n) is 1.73. The Balaban J connectivity index is 2.32. The largest absolute Gasteiger partial charge is 0.310 e. The Kier molecular flexibility index (Phi) is 3.10. The van der Waals surface area contributed by atoms with E-state index in [1.807, 2.05) is 22.6 Å². The maximum absolute atomic E-state index is 12.9. The number of halogens is 2. The van der Waals surface area contributed by atoms with Gasteiger partial charge in [0.2, 0.25) is 5.91 Å². The van der Waals surface area contributed by atoms with Crippen molar-refractivity contribution in [2.24, 2.45) is 5.92 Å². The maximum atomic E-state index is 12.9. The van der Waals surface area contributed by atoms with Crippen LogP contribution >= 0.6 is 22.6 Å². The quantitative estimate of drug-likeness (QED) is 0.742. The van der Waals surface area contributed by atoms with Gasteiger partial charge in [-0.05, 0) is 40.8 Å². The Labute approximate surface area is 106 Å². The molecule has 1 aromatic rings. The minimum absolute atomic E-state index is 0.0731. The minimum Gasteiger partial charge on any atom is -0.310 e. The van der Waals surface area contributed by atoms with E-state index in [0.29, 0.717) is 15.8 Å². The van der Waals surface area contributed by atoms with Crippen molar-refractivity contribution in [2.75, 3.05) is 11.4 Å². The third-order valence-corrected chi connectivity index (χ3v) is 3.37. The fraction of sp³-hybridized carbons (Fsp3) is 0.273. The van der Waals surface area contributed by atoms with Crippen molar-refractivity contribution in [1.29, 1.82) is 5.26 Å². The number of rotatable bonds is 1.